The highest BCUT2D eigenvalue weighted by Crippen LogP contribution is 2.29. The number of thiazole rings is 1. The van der Waals surface area contributed by atoms with Crippen LogP contribution in [-0.4, -0.2) is 44.6 Å². The molecule has 0 radical (unpaired) electrons. The standard InChI is InChI=1S/C29H32ClN3O4S2/c1-5-32(6-2)39(34,35)25-13-11-22(12-14-25)26-20-38-29(31-24-9-7-8-23(30)19-24)33(26)17-16-21-10-15-27(36-3)28(18-21)37-4/h7-15,18-20H,5-6,16-17H2,1-4H3. The molecule has 1 heterocycles. The number of ether oxygens (including phenoxy) is 2. The molecule has 1 aromatic heterocycles. The Morgan fingerprint density at radius 3 is 2.31 bits per heavy atom. The Balaban J connectivity index is 1.73. The van der Waals surface area contributed by atoms with Gasteiger partial charge in [0.2, 0.25) is 10.0 Å². The highest BCUT2D eigenvalue weighted by Gasteiger charge is 2.21. The van der Waals surface area contributed by atoms with E-state index in [1.807, 2.05) is 73.8 Å². The van der Waals surface area contributed by atoms with Crippen molar-refractivity contribution < 1.29 is 17.9 Å². The van der Waals surface area contributed by atoms with Crippen LogP contribution in [-0.2, 0) is 23.0 Å². The van der Waals surface area contributed by atoms with Crippen molar-refractivity contribution in [1.82, 2.24) is 8.87 Å². The van der Waals surface area contributed by atoms with Gasteiger partial charge in [-0.2, -0.15) is 4.31 Å². The maximum Gasteiger partial charge on any atom is 0.243 e. The van der Waals surface area contributed by atoms with Crippen LogP contribution >= 0.6 is 22.9 Å². The number of hydrogen-bond acceptors (Lipinski definition) is 6. The Hall–Kier alpha value is -3.11. The van der Waals surface area contributed by atoms with E-state index in [1.54, 1.807) is 26.4 Å². The number of aryl methyl sites for hydroxylation is 1. The molecule has 0 spiro atoms. The van der Waals surface area contributed by atoms with Gasteiger partial charge in [-0.25, -0.2) is 13.4 Å². The molecular formula is C29H32ClN3O4S2. The topological polar surface area (TPSA) is 73.1 Å². The van der Waals surface area contributed by atoms with Crippen molar-refractivity contribution in [1.29, 1.82) is 0 Å². The van der Waals surface area contributed by atoms with Crippen LogP contribution in [0.25, 0.3) is 11.3 Å². The summed E-state index contributed by atoms with van der Waals surface area (Å²) in [6, 6.07) is 20.4. The van der Waals surface area contributed by atoms with Crippen molar-refractivity contribution in [3.05, 3.63) is 87.5 Å². The molecule has 0 aliphatic carbocycles. The number of hydrogen-bond donors (Lipinski definition) is 0. The fourth-order valence-electron chi connectivity index (χ4n) is 4.31. The third kappa shape index (κ3) is 6.55. The molecule has 0 fully saturated rings. The lowest BCUT2D eigenvalue weighted by molar-refractivity contribution is 0.354. The number of halogens is 1. The van der Waals surface area contributed by atoms with Gasteiger partial charge >= 0.3 is 0 Å². The summed E-state index contributed by atoms with van der Waals surface area (Å²) < 4.78 is 40.4. The zero-order chi connectivity index (χ0) is 28.0. The summed E-state index contributed by atoms with van der Waals surface area (Å²) >= 11 is 7.73. The van der Waals surface area contributed by atoms with Crippen molar-refractivity contribution in [2.24, 2.45) is 4.99 Å². The van der Waals surface area contributed by atoms with Gasteiger partial charge in [-0.1, -0.05) is 49.7 Å². The molecule has 0 unspecified atom stereocenters. The molecule has 0 aliphatic rings. The monoisotopic (exact) mass is 585 g/mol. The van der Waals surface area contributed by atoms with Crippen LogP contribution < -0.4 is 14.3 Å². The summed E-state index contributed by atoms with van der Waals surface area (Å²) in [6.45, 7) is 5.18. The van der Waals surface area contributed by atoms with E-state index in [4.69, 9.17) is 26.1 Å². The SMILES string of the molecule is CCN(CC)S(=O)(=O)c1ccc(-c2csc(=Nc3cccc(Cl)c3)n2CCc2ccc(OC)c(OC)c2)cc1. The smallest absolute Gasteiger partial charge is 0.243 e. The second-order valence-electron chi connectivity index (χ2n) is 8.70. The van der Waals surface area contributed by atoms with E-state index in [1.165, 1.54) is 15.6 Å². The zero-order valence-electron chi connectivity index (χ0n) is 22.4. The van der Waals surface area contributed by atoms with Crippen LogP contribution in [0.3, 0.4) is 0 Å². The fourth-order valence-corrected chi connectivity index (χ4v) is 6.91. The molecule has 3 aromatic carbocycles. The van der Waals surface area contributed by atoms with E-state index in [0.29, 0.717) is 36.2 Å². The van der Waals surface area contributed by atoms with Gasteiger partial charge in [-0.3, -0.25) is 0 Å². The van der Waals surface area contributed by atoms with Gasteiger partial charge in [0.15, 0.2) is 16.3 Å². The molecule has 4 rings (SSSR count). The second kappa shape index (κ2) is 12.8. The molecule has 206 valence electrons. The third-order valence-electron chi connectivity index (χ3n) is 6.40. The minimum atomic E-state index is -3.53. The third-order valence-corrected chi connectivity index (χ3v) is 9.56. The lowest BCUT2D eigenvalue weighted by Gasteiger charge is -2.18. The Morgan fingerprint density at radius 2 is 1.67 bits per heavy atom. The Morgan fingerprint density at radius 1 is 0.949 bits per heavy atom. The number of aromatic nitrogens is 1. The van der Waals surface area contributed by atoms with Crippen molar-refractivity contribution in [2.75, 3.05) is 27.3 Å². The maximum atomic E-state index is 13.0. The molecule has 0 saturated carbocycles. The maximum absolute atomic E-state index is 13.0. The summed E-state index contributed by atoms with van der Waals surface area (Å²) in [7, 11) is -0.290. The largest absolute Gasteiger partial charge is 0.493 e. The Bertz CT molecular complexity index is 1590. The molecule has 0 amide bonds. The summed E-state index contributed by atoms with van der Waals surface area (Å²) in [5.74, 6) is 1.36. The van der Waals surface area contributed by atoms with Crippen LogP contribution in [0.5, 0.6) is 11.5 Å². The lowest BCUT2D eigenvalue weighted by Crippen LogP contribution is -2.30. The fraction of sp³-hybridized carbons (Fsp3) is 0.276. The highest BCUT2D eigenvalue weighted by molar-refractivity contribution is 7.89. The van der Waals surface area contributed by atoms with E-state index in [0.717, 1.165) is 33.7 Å². The molecule has 0 N–H and O–H groups in total. The summed E-state index contributed by atoms with van der Waals surface area (Å²) in [5.41, 5.74) is 3.71. The molecule has 0 atom stereocenters. The van der Waals surface area contributed by atoms with Crippen LogP contribution in [0.2, 0.25) is 5.02 Å². The number of benzene rings is 3. The Labute approximate surface area is 239 Å². The van der Waals surface area contributed by atoms with E-state index in [-0.39, 0.29) is 4.90 Å². The normalized spacial score (nSPS) is 12.2. The minimum Gasteiger partial charge on any atom is -0.493 e. The lowest BCUT2D eigenvalue weighted by atomic mass is 10.1. The summed E-state index contributed by atoms with van der Waals surface area (Å²) in [6.07, 6.45) is 0.723. The van der Waals surface area contributed by atoms with Crippen LogP contribution in [0, 0.1) is 0 Å². The van der Waals surface area contributed by atoms with Crippen molar-refractivity contribution >= 4 is 38.6 Å². The molecule has 4 aromatic rings. The number of nitrogens with zero attached hydrogens (tertiary/aromatic N) is 3. The van der Waals surface area contributed by atoms with E-state index >= 15 is 0 Å². The van der Waals surface area contributed by atoms with Crippen molar-refractivity contribution in [3.8, 4) is 22.8 Å². The van der Waals surface area contributed by atoms with E-state index < -0.39 is 10.0 Å². The van der Waals surface area contributed by atoms with Crippen LogP contribution in [0.4, 0.5) is 5.69 Å². The number of rotatable bonds is 11. The first-order valence-corrected chi connectivity index (χ1v) is 15.3. The molecule has 0 saturated heterocycles. The van der Waals surface area contributed by atoms with E-state index in [2.05, 4.69) is 4.57 Å². The predicted octanol–water partition coefficient (Wildman–Crippen LogP) is 6.39. The number of methoxy groups -OCH3 is 2. The predicted molar refractivity (Wildman–Crippen MR) is 158 cm³/mol. The molecule has 10 heteroatoms. The average Bonchev–Trinajstić information content (AvgIpc) is 3.34. The highest BCUT2D eigenvalue weighted by atomic mass is 35.5. The van der Waals surface area contributed by atoms with Crippen molar-refractivity contribution in [3.63, 3.8) is 0 Å². The quantitative estimate of drug-likeness (QED) is 0.204. The van der Waals surface area contributed by atoms with Gasteiger partial charge < -0.3 is 14.0 Å². The average molecular weight is 586 g/mol. The van der Waals surface area contributed by atoms with Gasteiger partial charge in [0.25, 0.3) is 0 Å². The molecule has 7 nitrogen and oxygen atoms in total. The first-order valence-electron chi connectivity index (χ1n) is 12.6. The number of sulfonamides is 1. The van der Waals surface area contributed by atoms with Crippen LogP contribution in [0.15, 0.2) is 82.0 Å². The van der Waals surface area contributed by atoms with Gasteiger partial charge in [0.05, 0.1) is 30.5 Å². The van der Waals surface area contributed by atoms with Gasteiger partial charge in [0, 0.05) is 30.0 Å². The first-order chi connectivity index (χ1) is 18.8. The second-order valence-corrected chi connectivity index (χ2v) is 11.9. The minimum absolute atomic E-state index is 0.283. The first kappa shape index (κ1) is 28.9. The van der Waals surface area contributed by atoms with E-state index in [9.17, 15) is 8.42 Å². The molecule has 0 aliphatic heterocycles. The summed E-state index contributed by atoms with van der Waals surface area (Å²) in [4.78, 5) is 5.97. The molecule has 39 heavy (non-hydrogen) atoms. The van der Waals surface area contributed by atoms with Gasteiger partial charge in [-0.15, -0.1) is 11.3 Å². The van der Waals surface area contributed by atoms with Gasteiger partial charge in [0.1, 0.15) is 0 Å². The molecule has 0 bridgehead atoms. The van der Waals surface area contributed by atoms with Crippen LogP contribution in [0.1, 0.15) is 19.4 Å². The molecular weight excluding hydrogens is 554 g/mol. The van der Waals surface area contributed by atoms with Crippen molar-refractivity contribution in [2.45, 2.75) is 31.7 Å². The zero-order valence-corrected chi connectivity index (χ0v) is 24.8. The summed E-state index contributed by atoms with van der Waals surface area (Å²) in [5, 5.41) is 2.67. The van der Waals surface area contributed by atoms with Gasteiger partial charge in [-0.05, 0) is 60.0 Å². The Kier molecular flexibility index (Phi) is 9.50.